The Morgan fingerprint density at radius 3 is 2.85 bits per heavy atom. The van der Waals surface area contributed by atoms with Crippen LogP contribution >= 0.6 is 0 Å². The third-order valence-electron chi connectivity index (χ3n) is 4.18. The molecule has 0 spiro atoms. The maximum Gasteiger partial charge on any atom is 0.228 e. The molecule has 3 aromatic rings. The van der Waals surface area contributed by atoms with Gasteiger partial charge in [0.1, 0.15) is 12.3 Å². The maximum absolute atomic E-state index is 12.2. The monoisotopic (exact) mass is 368 g/mol. The van der Waals surface area contributed by atoms with Gasteiger partial charge in [0.2, 0.25) is 5.91 Å². The number of anilines is 1. The summed E-state index contributed by atoms with van der Waals surface area (Å²) in [5, 5.41) is 5.90. The largest absolute Gasteiger partial charge is 0.493 e. The van der Waals surface area contributed by atoms with Crippen LogP contribution in [0.4, 0.5) is 5.69 Å². The standard InChI is InChI=1S/C20H24N4O3/c1-14(11-21-2)20(25)23-15-7-8-17(26-3)18(10-15)27-13-16-12-24-9-5-4-6-19(24)22-16/h4-10,12,14,21H,11,13H2,1-3H3,(H,23,25). The Balaban J connectivity index is 1.72. The summed E-state index contributed by atoms with van der Waals surface area (Å²) < 4.78 is 13.2. The van der Waals surface area contributed by atoms with E-state index in [9.17, 15) is 4.79 Å². The smallest absolute Gasteiger partial charge is 0.228 e. The van der Waals surface area contributed by atoms with Gasteiger partial charge in [-0.3, -0.25) is 4.79 Å². The van der Waals surface area contributed by atoms with Crippen LogP contribution in [0, 0.1) is 5.92 Å². The molecule has 142 valence electrons. The molecule has 0 saturated carbocycles. The minimum absolute atomic E-state index is 0.0548. The third-order valence-corrected chi connectivity index (χ3v) is 4.18. The van der Waals surface area contributed by atoms with Crippen molar-refractivity contribution in [2.24, 2.45) is 5.92 Å². The number of amides is 1. The van der Waals surface area contributed by atoms with Gasteiger partial charge >= 0.3 is 0 Å². The van der Waals surface area contributed by atoms with E-state index in [-0.39, 0.29) is 11.8 Å². The summed E-state index contributed by atoms with van der Waals surface area (Å²) >= 11 is 0. The minimum Gasteiger partial charge on any atom is -0.493 e. The molecule has 0 fully saturated rings. The Bertz CT molecular complexity index is 889. The molecule has 1 amide bonds. The summed E-state index contributed by atoms with van der Waals surface area (Å²) in [6, 6.07) is 11.2. The second-order valence-electron chi connectivity index (χ2n) is 6.30. The second kappa shape index (κ2) is 8.55. The fourth-order valence-electron chi connectivity index (χ4n) is 2.74. The molecule has 7 heteroatoms. The lowest BCUT2D eigenvalue weighted by Gasteiger charge is -2.14. The van der Waals surface area contributed by atoms with Crippen LogP contribution in [0.2, 0.25) is 0 Å². The number of ether oxygens (including phenoxy) is 2. The number of carbonyl (C=O) groups is 1. The van der Waals surface area contributed by atoms with Gasteiger partial charge in [-0.05, 0) is 31.3 Å². The summed E-state index contributed by atoms with van der Waals surface area (Å²) in [6.07, 6.45) is 3.86. The van der Waals surface area contributed by atoms with Crippen molar-refractivity contribution in [3.63, 3.8) is 0 Å². The van der Waals surface area contributed by atoms with Gasteiger partial charge in [-0.25, -0.2) is 4.98 Å². The minimum atomic E-state index is -0.139. The lowest BCUT2D eigenvalue weighted by atomic mass is 10.1. The summed E-state index contributed by atoms with van der Waals surface area (Å²) in [5.74, 6) is 0.953. The predicted octanol–water partition coefficient (Wildman–Crippen LogP) is 2.72. The molecular formula is C20H24N4O3. The van der Waals surface area contributed by atoms with Crippen LogP contribution in [0.3, 0.4) is 0 Å². The molecular weight excluding hydrogens is 344 g/mol. The first-order valence-corrected chi connectivity index (χ1v) is 8.79. The van der Waals surface area contributed by atoms with Gasteiger partial charge in [0.05, 0.1) is 12.8 Å². The highest BCUT2D eigenvalue weighted by Crippen LogP contribution is 2.31. The van der Waals surface area contributed by atoms with Crippen LogP contribution in [0.1, 0.15) is 12.6 Å². The van der Waals surface area contributed by atoms with E-state index in [4.69, 9.17) is 9.47 Å². The van der Waals surface area contributed by atoms with Crippen LogP contribution < -0.4 is 20.1 Å². The molecule has 3 rings (SSSR count). The summed E-state index contributed by atoms with van der Waals surface area (Å²) in [6.45, 7) is 2.78. The number of hydrogen-bond acceptors (Lipinski definition) is 5. The molecule has 2 aromatic heterocycles. The second-order valence-corrected chi connectivity index (χ2v) is 6.30. The van der Waals surface area contributed by atoms with E-state index in [1.165, 1.54) is 0 Å². The fraction of sp³-hybridized carbons (Fsp3) is 0.300. The lowest BCUT2D eigenvalue weighted by molar-refractivity contribution is -0.119. The molecule has 7 nitrogen and oxygen atoms in total. The molecule has 1 atom stereocenters. The molecule has 0 aliphatic heterocycles. The normalized spacial score (nSPS) is 12.0. The Labute approximate surface area is 158 Å². The fourth-order valence-corrected chi connectivity index (χ4v) is 2.74. The zero-order chi connectivity index (χ0) is 19.2. The van der Waals surface area contributed by atoms with Gasteiger partial charge in [0, 0.05) is 36.6 Å². The third kappa shape index (κ3) is 4.57. The summed E-state index contributed by atoms with van der Waals surface area (Å²) in [5.41, 5.74) is 2.33. The number of nitrogens with one attached hydrogen (secondary N) is 2. The molecule has 2 heterocycles. The number of imidazole rings is 1. The Kier molecular flexibility index (Phi) is 5.93. The van der Waals surface area contributed by atoms with Gasteiger partial charge in [0.15, 0.2) is 11.5 Å². The maximum atomic E-state index is 12.2. The van der Waals surface area contributed by atoms with Gasteiger partial charge < -0.3 is 24.5 Å². The van der Waals surface area contributed by atoms with Crippen LogP contribution in [0.5, 0.6) is 11.5 Å². The van der Waals surface area contributed by atoms with Crippen LogP contribution in [-0.2, 0) is 11.4 Å². The molecule has 0 aliphatic rings. The summed E-state index contributed by atoms with van der Waals surface area (Å²) in [4.78, 5) is 16.7. The van der Waals surface area contributed by atoms with E-state index in [1.807, 2.05) is 49.0 Å². The zero-order valence-corrected chi connectivity index (χ0v) is 15.7. The van der Waals surface area contributed by atoms with Gasteiger partial charge in [0.25, 0.3) is 0 Å². The SMILES string of the molecule is CNCC(C)C(=O)Nc1ccc(OC)c(OCc2cn3ccccc3n2)c1. The van der Waals surface area contributed by atoms with Crippen molar-refractivity contribution in [1.29, 1.82) is 0 Å². The van der Waals surface area contributed by atoms with Crippen molar-refractivity contribution < 1.29 is 14.3 Å². The quantitative estimate of drug-likeness (QED) is 0.639. The molecule has 1 unspecified atom stereocenters. The van der Waals surface area contributed by atoms with Gasteiger partial charge in [-0.2, -0.15) is 0 Å². The molecule has 1 aromatic carbocycles. The highest BCUT2D eigenvalue weighted by molar-refractivity contribution is 5.92. The van der Waals surface area contributed by atoms with Crippen molar-refractivity contribution in [2.45, 2.75) is 13.5 Å². The molecule has 0 bridgehead atoms. The average Bonchev–Trinajstić information content (AvgIpc) is 3.09. The van der Waals surface area contributed by atoms with E-state index in [0.29, 0.717) is 30.3 Å². The van der Waals surface area contributed by atoms with Crippen molar-refractivity contribution >= 4 is 17.2 Å². The number of fused-ring (bicyclic) bond motifs is 1. The molecule has 27 heavy (non-hydrogen) atoms. The van der Waals surface area contributed by atoms with E-state index in [0.717, 1.165) is 11.3 Å². The van der Waals surface area contributed by atoms with E-state index >= 15 is 0 Å². The molecule has 0 radical (unpaired) electrons. The number of methoxy groups -OCH3 is 1. The number of nitrogens with zero attached hydrogens (tertiary/aromatic N) is 2. The number of rotatable bonds is 8. The Morgan fingerprint density at radius 2 is 2.11 bits per heavy atom. The first kappa shape index (κ1) is 18.7. The Morgan fingerprint density at radius 1 is 1.26 bits per heavy atom. The predicted molar refractivity (Wildman–Crippen MR) is 104 cm³/mol. The summed E-state index contributed by atoms with van der Waals surface area (Å²) in [7, 11) is 3.41. The van der Waals surface area contributed by atoms with Crippen molar-refractivity contribution in [3.8, 4) is 11.5 Å². The van der Waals surface area contributed by atoms with Crippen LogP contribution in [0.15, 0.2) is 48.8 Å². The van der Waals surface area contributed by atoms with E-state index in [2.05, 4.69) is 15.6 Å². The first-order chi connectivity index (χ1) is 13.1. The van der Waals surface area contributed by atoms with Crippen molar-refractivity contribution in [1.82, 2.24) is 14.7 Å². The molecule has 0 saturated heterocycles. The van der Waals surface area contributed by atoms with Crippen molar-refractivity contribution in [3.05, 3.63) is 54.5 Å². The number of aromatic nitrogens is 2. The topological polar surface area (TPSA) is 76.9 Å². The van der Waals surface area contributed by atoms with Gasteiger partial charge in [-0.15, -0.1) is 0 Å². The molecule has 2 N–H and O–H groups in total. The van der Waals surface area contributed by atoms with E-state index < -0.39 is 0 Å². The van der Waals surface area contributed by atoms with Crippen molar-refractivity contribution in [2.75, 3.05) is 26.0 Å². The highest BCUT2D eigenvalue weighted by atomic mass is 16.5. The highest BCUT2D eigenvalue weighted by Gasteiger charge is 2.14. The average molecular weight is 368 g/mol. The number of hydrogen-bond donors (Lipinski definition) is 2. The van der Waals surface area contributed by atoms with Gasteiger partial charge in [-0.1, -0.05) is 13.0 Å². The van der Waals surface area contributed by atoms with Crippen LogP contribution in [0.25, 0.3) is 5.65 Å². The first-order valence-electron chi connectivity index (χ1n) is 8.79. The number of pyridine rings is 1. The lowest BCUT2D eigenvalue weighted by Crippen LogP contribution is -2.28. The molecule has 0 aliphatic carbocycles. The Hall–Kier alpha value is -3.06. The van der Waals surface area contributed by atoms with Crippen LogP contribution in [-0.4, -0.2) is 36.0 Å². The van der Waals surface area contributed by atoms with E-state index in [1.54, 1.807) is 25.3 Å². The number of carbonyl (C=O) groups excluding carboxylic acids is 1. The number of benzene rings is 1. The zero-order valence-electron chi connectivity index (χ0n) is 15.7.